The lowest BCUT2D eigenvalue weighted by Gasteiger charge is -2.23. The molecule has 0 saturated carbocycles. The number of nitrogens with one attached hydrogen (secondary N) is 3. The van der Waals surface area contributed by atoms with Crippen LogP contribution in [0.15, 0.2) is 30.6 Å². The Morgan fingerprint density at radius 2 is 2.16 bits per heavy atom. The zero-order chi connectivity index (χ0) is 17.6. The third kappa shape index (κ3) is 3.08. The number of carbonyl (C=O) groups excluding carboxylic acids is 1. The summed E-state index contributed by atoms with van der Waals surface area (Å²) in [5.41, 5.74) is 2.06. The van der Waals surface area contributed by atoms with E-state index in [0.29, 0.717) is 10.7 Å². The van der Waals surface area contributed by atoms with E-state index in [1.807, 2.05) is 12.1 Å². The Kier molecular flexibility index (Phi) is 3.90. The second-order valence-corrected chi connectivity index (χ2v) is 8.70. The highest BCUT2D eigenvalue weighted by molar-refractivity contribution is 7.91. The van der Waals surface area contributed by atoms with Gasteiger partial charge >= 0.3 is 0 Å². The third-order valence-corrected chi connectivity index (χ3v) is 6.16. The van der Waals surface area contributed by atoms with Crippen LogP contribution in [-0.2, 0) is 14.6 Å². The molecule has 7 nitrogen and oxygen atoms in total. The lowest BCUT2D eigenvalue weighted by molar-refractivity contribution is -0.117. The average Bonchev–Trinajstić information content (AvgIpc) is 2.93. The molecular weight excluding hydrogens is 364 g/mol. The molecule has 1 atom stereocenters. The second kappa shape index (κ2) is 5.98. The number of H-pyrrole nitrogens is 1. The average molecular weight is 379 g/mol. The molecule has 1 saturated heterocycles. The minimum atomic E-state index is -3.21. The molecule has 1 amide bonds. The molecule has 1 unspecified atom stereocenters. The van der Waals surface area contributed by atoms with Gasteiger partial charge in [0.1, 0.15) is 6.04 Å². The molecule has 3 aromatic rings. The molecule has 4 rings (SSSR count). The van der Waals surface area contributed by atoms with Crippen LogP contribution in [0.4, 0.5) is 5.69 Å². The molecule has 25 heavy (non-hydrogen) atoms. The molecule has 130 valence electrons. The first-order valence-electron chi connectivity index (χ1n) is 7.72. The Hall–Kier alpha value is -2.16. The molecule has 0 radical (unpaired) electrons. The van der Waals surface area contributed by atoms with Gasteiger partial charge in [-0.3, -0.25) is 9.78 Å². The Morgan fingerprint density at radius 3 is 2.96 bits per heavy atom. The topological polar surface area (TPSA) is 104 Å². The molecule has 1 aliphatic heterocycles. The van der Waals surface area contributed by atoms with Gasteiger partial charge in [0, 0.05) is 28.5 Å². The molecule has 1 aliphatic rings. The van der Waals surface area contributed by atoms with Crippen molar-refractivity contribution < 1.29 is 13.2 Å². The molecule has 0 aliphatic carbocycles. The molecule has 3 heterocycles. The van der Waals surface area contributed by atoms with Crippen LogP contribution in [0.25, 0.3) is 21.8 Å². The summed E-state index contributed by atoms with van der Waals surface area (Å²) in [6.45, 7) is 0.267. The monoisotopic (exact) mass is 378 g/mol. The fourth-order valence-electron chi connectivity index (χ4n) is 3.09. The van der Waals surface area contributed by atoms with Crippen LogP contribution in [0.2, 0.25) is 5.02 Å². The van der Waals surface area contributed by atoms with E-state index in [4.69, 9.17) is 11.6 Å². The maximum atomic E-state index is 12.5. The summed E-state index contributed by atoms with van der Waals surface area (Å²) < 4.78 is 23.5. The first-order valence-corrected chi connectivity index (χ1v) is 9.92. The highest BCUT2D eigenvalue weighted by Gasteiger charge is 2.29. The number of hydrogen-bond donors (Lipinski definition) is 3. The van der Waals surface area contributed by atoms with Crippen molar-refractivity contribution in [2.75, 3.05) is 23.4 Å². The summed E-state index contributed by atoms with van der Waals surface area (Å²) >= 11 is 6.20. The predicted molar refractivity (Wildman–Crippen MR) is 97.7 cm³/mol. The van der Waals surface area contributed by atoms with E-state index in [1.165, 1.54) is 0 Å². The van der Waals surface area contributed by atoms with Gasteiger partial charge in [-0.25, -0.2) is 8.42 Å². The van der Waals surface area contributed by atoms with Gasteiger partial charge in [0.25, 0.3) is 0 Å². The number of fused-ring (bicyclic) bond motifs is 3. The van der Waals surface area contributed by atoms with E-state index >= 15 is 0 Å². The van der Waals surface area contributed by atoms with E-state index < -0.39 is 21.8 Å². The fraction of sp³-hybridized carbons (Fsp3) is 0.250. The summed E-state index contributed by atoms with van der Waals surface area (Å²) in [4.78, 5) is 19.8. The van der Waals surface area contributed by atoms with Gasteiger partial charge in [0.05, 0.1) is 34.4 Å². The van der Waals surface area contributed by atoms with Gasteiger partial charge in [0.2, 0.25) is 5.91 Å². The first-order chi connectivity index (χ1) is 11.9. The summed E-state index contributed by atoms with van der Waals surface area (Å²) in [7, 11) is -3.21. The molecule has 3 N–H and O–H groups in total. The van der Waals surface area contributed by atoms with Gasteiger partial charge in [-0.2, -0.15) is 0 Å². The zero-order valence-electron chi connectivity index (χ0n) is 13.0. The predicted octanol–water partition coefficient (Wildman–Crippen LogP) is 1.69. The lowest BCUT2D eigenvalue weighted by Crippen LogP contribution is -2.51. The van der Waals surface area contributed by atoms with Gasteiger partial charge in [-0.15, -0.1) is 0 Å². The number of halogens is 1. The minimum Gasteiger partial charge on any atom is -0.352 e. The van der Waals surface area contributed by atoms with Crippen LogP contribution >= 0.6 is 11.6 Å². The minimum absolute atomic E-state index is 0.0488. The van der Waals surface area contributed by atoms with Crippen LogP contribution in [0.3, 0.4) is 0 Å². The summed E-state index contributed by atoms with van der Waals surface area (Å²) in [5, 5.41) is 8.02. The third-order valence-electron chi connectivity index (χ3n) is 4.27. The number of sulfone groups is 1. The first kappa shape index (κ1) is 16.3. The van der Waals surface area contributed by atoms with Crippen LogP contribution in [-0.4, -0.2) is 48.4 Å². The molecule has 1 aromatic carbocycles. The summed E-state index contributed by atoms with van der Waals surface area (Å²) in [6, 6.07) is 4.54. The number of carbonyl (C=O) groups is 1. The number of hydrogen-bond acceptors (Lipinski definition) is 5. The maximum absolute atomic E-state index is 12.5. The van der Waals surface area contributed by atoms with E-state index in [1.54, 1.807) is 18.5 Å². The zero-order valence-corrected chi connectivity index (χ0v) is 14.6. The van der Waals surface area contributed by atoms with Crippen LogP contribution < -0.4 is 10.6 Å². The maximum Gasteiger partial charge on any atom is 0.242 e. The number of rotatable bonds is 2. The number of pyridine rings is 1. The van der Waals surface area contributed by atoms with Crippen molar-refractivity contribution in [1.82, 2.24) is 15.3 Å². The SMILES string of the molecule is O=C(Nc1cc(Cl)cc2c1[nH]c1cnccc12)C1CS(=O)(=O)CCN1. The molecule has 0 spiro atoms. The largest absolute Gasteiger partial charge is 0.352 e. The molecule has 0 bridgehead atoms. The molecule has 9 heteroatoms. The van der Waals surface area contributed by atoms with E-state index in [2.05, 4.69) is 20.6 Å². The Bertz CT molecular complexity index is 1090. The lowest BCUT2D eigenvalue weighted by atomic mass is 10.1. The fourth-order valence-corrected chi connectivity index (χ4v) is 4.68. The van der Waals surface area contributed by atoms with Gasteiger partial charge in [0.15, 0.2) is 9.84 Å². The normalized spacial score (nSPS) is 20.0. The van der Waals surface area contributed by atoms with Crippen molar-refractivity contribution in [2.45, 2.75) is 6.04 Å². The van der Waals surface area contributed by atoms with Crippen LogP contribution in [0, 0.1) is 0 Å². The molecule has 2 aromatic heterocycles. The number of anilines is 1. The standard InChI is InChI=1S/C16H15ClN4O3S/c17-9-5-11-10-1-2-18-7-13(10)20-15(11)12(6-9)21-16(22)14-8-25(23,24)4-3-19-14/h1-2,5-7,14,19-20H,3-4,8H2,(H,21,22). The van der Waals surface area contributed by atoms with E-state index in [9.17, 15) is 13.2 Å². The Balaban J connectivity index is 1.73. The van der Waals surface area contributed by atoms with Crippen molar-refractivity contribution in [2.24, 2.45) is 0 Å². The summed E-state index contributed by atoms with van der Waals surface area (Å²) in [6.07, 6.45) is 3.38. The number of aromatic amines is 1. The van der Waals surface area contributed by atoms with Crippen molar-refractivity contribution in [1.29, 1.82) is 0 Å². The number of aromatic nitrogens is 2. The van der Waals surface area contributed by atoms with Crippen molar-refractivity contribution in [3.63, 3.8) is 0 Å². The highest BCUT2D eigenvalue weighted by Crippen LogP contribution is 2.33. The van der Waals surface area contributed by atoms with Crippen LogP contribution in [0.1, 0.15) is 0 Å². The van der Waals surface area contributed by atoms with E-state index in [0.717, 1.165) is 21.8 Å². The Morgan fingerprint density at radius 1 is 1.32 bits per heavy atom. The Labute approximate surface area is 148 Å². The second-order valence-electron chi connectivity index (χ2n) is 6.03. The molecule has 1 fully saturated rings. The van der Waals surface area contributed by atoms with Crippen molar-refractivity contribution >= 4 is 54.8 Å². The van der Waals surface area contributed by atoms with E-state index in [-0.39, 0.29) is 18.1 Å². The van der Waals surface area contributed by atoms with Crippen molar-refractivity contribution in [3.05, 3.63) is 35.6 Å². The number of amides is 1. The quantitative estimate of drug-likeness (QED) is 0.629. The van der Waals surface area contributed by atoms with Gasteiger partial charge < -0.3 is 15.6 Å². The van der Waals surface area contributed by atoms with Crippen molar-refractivity contribution in [3.8, 4) is 0 Å². The summed E-state index contributed by atoms with van der Waals surface area (Å²) in [5.74, 6) is -0.560. The van der Waals surface area contributed by atoms with Gasteiger partial charge in [-0.05, 0) is 18.2 Å². The number of benzene rings is 1. The molecular formula is C16H15ClN4O3S. The van der Waals surface area contributed by atoms with Crippen LogP contribution in [0.5, 0.6) is 0 Å². The van der Waals surface area contributed by atoms with Gasteiger partial charge in [-0.1, -0.05) is 11.6 Å². The smallest absolute Gasteiger partial charge is 0.242 e. The number of nitrogens with zero attached hydrogens (tertiary/aromatic N) is 1. The highest BCUT2D eigenvalue weighted by atomic mass is 35.5.